The van der Waals surface area contributed by atoms with Crippen LogP contribution in [0.2, 0.25) is 5.02 Å². The molecule has 4 nitrogen and oxygen atoms in total. The fourth-order valence-electron chi connectivity index (χ4n) is 1.55. The van der Waals surface area contributed by atoms with E-state index < -0.39 is 0 Å². The summed E-state index contributed by atoms with van der Waals surface area (Å²) >= 11 is 6.15. The molecule has 1 aliphatic heterocycles. The molecule has 0 bridgehead atoms. The highest BCUT2D eigenvalue weighted by Crippen LogP contribution is 2.47. The Morgan fingerprint density at radius 1 is 1.47 bits per heavy atom. The van der Waals surface area contributed by atoms with E-state index in [-0.39, 0.29) is 6.79 Å². The van der Waals surface area contributed by atoms with Crippen molar-refractivity contribution in [1.82, 2.24) is 0 Å². The Bertz CT molecular complexity index is 381. The quantitative estimate of drug-likeness (QED) is 0.855. The smallest absolute Gasteiger partial charge is 0.231 e. The van der Waals surface area contributed by atoms with Gasteiger partial charge in [-0.05, 0) is 24.6 Å². The first-order valence-electron chi connectivity index (χ1n) is 4.63. The molecule has 0 fully saturated rings. The molecule has 0 radical (unpaired) electrons. The zero-order valence-corrected chi connectivity index (χ0v) is 9.13. The minimum absolute atomic E-state index is 0.178. The van der Waals surface area contributed by atoms with Gasteiger partial charge in [0.2, 0.25) is 12.5 Å². The van der Waals surface area contributed by atoms with Crippen molar-refractivity contribution < 1.29 is 14.2 Å². The maximum absolute atomic E-state index is 6.15. The van der Waals surface area contributed by atoms with E-state index in [0.717, 1.165) is 5.56 Å². The molecule has 1 aromatic rings. The van der Waals surface area contributed by atoms with Gasteiger partial charge in [0.25, 0.3) is 0 Å². The number of hydrogen-bond acceptors (Lipinski definition) is 4. The molecule has 2 N–H and O–H groups in total. The highest BCUT2D eigenvalue weighted by molar-refractivity contribution is 6.33. The average Bonchev–Trinajstić information content (AvgIpc) is 2.71. The molecule has 5 heteroatoms. The minimum atomic E-state index is 0.178. The van der Waals surface area contributed by atoms with Crippen molar-refractivity contribution in [1.29, 1.82) is 0 Å². The van der Waals surface area contributed by atoms with Crippen molar-refractivity contribution in [3.05, 3.63) is 16.7 Å². The van der Waals surface area contributed by atoms with Crippen LogP contribution in [0.25, 0.3) is 0 Å². The number of halogens is 1. The summed E-state index contributed by atoms with van der Waals surface area (Å²) in [6.07, 6.45) is 0.686. The van der Waals surface area contributed by atoms with Crippen LogP contribution in [-0.4, -0.2) is 20.4 Å². The fraction of sp³-hybridized carbons (Fsp3) is 0.400. The lowest BCUT2D eigenvalue weighted by Crippen LogP contribution is -2.03. The fourth-order valence-corrected chi connectivity index (χ4v) is 1.84. The average molecular weight is 230 g/mol. The van der Waals surface area contributed by atoms with E-state index in [1.165, 1.54) is 0 Å². The Kier molecular flexibility index (Phi) is 2.88. The molecule has 0 spiro atoms. The summed E-state index contributed by atoms with van der Waals surface area (Å²) in [5, 5.41) is 0.564. The van der Waals surface area contributed by atoms with Crippen molar-refractivity contribution in [2.75, 3.05) is 20.4 Å². The summed E-state index contributed by atoms with van der Waals surface area (Å²) in [6.45, 7) is 0.708. The first-order valence-corrected chi connectivity index (χ1v) is 5.00. The van der Waals surface area contributed by atoms with Gasteiger partial charge in [0.05, 0.1) is 12.1 Å². The molecule has 0 aromatic heterocycles. The second-order valence-electron chi connectivity index (χ2n) is 3.16. The van der Waals surface area contributed by atoms with Crippen LogP contribution in [-0.2, 0) is 6.42 Å². The Balaban J connectivity index is 2.51. The van der Waals surface area contributed by atoms with Crippen LogP contribution in [0, 0.1) is 0 Å². The van der Waals surface area contributed by atoms with Crippen molar-refractivity contribution >= 4 is 11.6 Å². The molecule has 0 atom stereocenters. The molecule has 0 saturated heterocycles. The van der Waals surface area contributed by atoms with Crippen molar-refractivity contribution in [2.45, 2.75) is 6.42 Å². The van der Waals surface area contributed by atoms with Crippen LogP contribution >= 0.6 is 11.6 Å². The van der Waals surface area contributed by atoms with Crippen LogP contribution in [0.4, 0.5) is 0 Å². The molecular formula is C10H12ClNO3. The lowest BCUT2D eigenvalue weighted by atomic mass is 10.1. The summed E-state index contributed by atoms with van der Waals surface area (Å²) in [6, 6.07) is 1.84. The normalized spacial score (nSPS) is 13.0. The molecule has 1 aromatic carbocycles. The number of fused-ring (bicyclic) bond motifs is 1. The van der Waals surface area contributed by atoms with Gasteiger partial charge in [-0.2, -0.15) is 0 Å². The number of ether oxygens (including phenoxy) is 3. The molecule has 0 saturated carbocycles. The Hall–Kier alpha value is -1.13. The summed E-state index contributed by atoms with van der Waals surface area (Å²) in [5.41, 5.74) is 6.41. The van der Waals surface area contributed by atoms with E-state index in [9.17, 15) is 0 Å². The zero-order chi connectivity index (χ0) is 10.8. The predicted octanol–water partition coefficient (Wildman–Crippen LogP) is 1.58. The summed E-state index contributed by atoms with van der Waals surface area (Å²) in [4.78, 5) is 0. The zero-order valence-electron chi connectivity index (χ0n) is 8.38. The molecule has 1 heterocycles. The molecule has 2 rings (SSSR count). The summed E-state index contributed by atoms with van der Waals surface area (Å²) in [7, 11) is 1.58. The highest BCUT2D eigenvalue weighted by atomic mass is 35.5. The lowest BCUT2D eigenvalue weighted by Gasteiger charge is -2.10. The first kappa shape index (κ1) is 10.4. The first-order chi connectivity index (χ1) is 7.27. The van der Waals surface area contributed by atoms with Gasteiger partial charge in [0.1, 0.15) is 0 Å². The van der Waals surface area contributed by atoms with Crippen LogP contribution < -0.4 is 19.9 Å². The van der Waals surface area contributed by atoms with E-state index >= 15 is 0 Å². The molecule has 0 amide bonds. The number of methoxy groups -OCH3 is 1. The van der Waals surface area contributed by atoms with Crippen molar-refractivity contribution in [3.8, 4) is 17.2 Å². The highest BCUT2D eigenvalue weighted by Gasteiger charge is 2.24. The number of hydrogen-bond donors (Lipinski definition) is 1. The molecular weight excluding hydrogens is 218 g/mol. The monoisotopic (exact) mass is 229 g/mol. The molecule has 1 aliphatic rings. The van der Waals surface area contributed by atoms with Gasteiger partial charge >= 0.3 is 0 Å². The number of benzene rings is 1. The second kappa shape index (κ2) is 4.16. The number of rotatable bonds is 3. The van der Waals surface area contributed by atoms with Gasteiger partial charge in [-0.25, -0.2) is 0 Å². The van der Waals surface area contributed by atoms with E-state index in [4.69, 9.17) is 31.5 Å². The van der Waals surface area contributed by atoms with Crippen LogP contribution in [0.3, 0.4) is 0 Å². The largest absolute Gasteiger partial charge is 0.493 e. The van der Waals surface area contributed by atoms with Crippen molar-refractivity contribution in [3.63, 3.8) is 0 Å². The van der Waals surface area contributed by atoms with E-state index in [1.54, 1.807) is 7.11 Å². The van der Waals surface area contributed by atoms with E-state index in [2.05, 4.69) is 0 Å². The molecule has 0 unspecified atom stereocenters. The van der Waals surface area contributed by atoms with Gasteiger partial charge in [0, 0.05) is 0 Å². The third-order valence-corrected chi connectivity index (χ3v) is 2.67. The SMILES string of the molecule is COc1cc(CCN)c(Cl)c2c1OCO2. The Morgan fingerprint density at radius 2 is 2.20 bits per heavy atom. The molecule has 82 valence electrons. The van der Waals surface area contributed by atoms with Gasteiger partial charge in [0.15, 0.2) is 11.5 Å². The molecule has 0 aliphatic carbocycles. The van der Waals surface area contributed by atoms with Gasteiger partial charge in [-0.3, -0.25) is 0 Å². The lowest BCUT2D eigenvalue weighted by molar-refractivity contribution is 0.171. The summed E-state index contributed by atoms with van der Waals surface area (Å²) < 4.78 is 15.7. The maximum Gasteiger partial charge on any atom is 0.231 e. The third kappa shape index (κ3) is 1.70. The van der Waals surface area contributed by atoms with Gasteiger partial charge in [-0.1, -0.05) is 11.6 Å². The number of nitrogens with two attached hydrogens (primary N) is 1. The van der Waals surface area contributed by atoms with Crippen molar-refractivity contribution in [2.24, 2.45) is 5.73 Å². The topological polar surface area (TPSA) is 53.7 Å². The summed E-state index contributed by atoms with van der Waals surface area (Å²) in [5.74, 6) is 1.76. The van der Waals surface area contributed by atoms with Crippen LogP contribution in [0.1, 0.15) is 5.56 Å². The van der Waals surface area contributed by atoms with E-state index in [1.807, 2.05) is 6.07 Å². The third-order valence-electron chi connectivity index (χ3n) is 2.26. The minimum Gasteiger partial charge on any atom is -0.493 e. The Morgan fingerprint density at radius 3 is 2.87 bits per heavy atom. The molecule has 15 heavy (non-hydrogen) atoms. The predicted molar refractivity (Wildman–Crippen MR) is 56.9 cm³/mol. The van der Waals surface area contributed by atoms with Gasteiger partial charge < -0.3 is 19.9 Å². The second-order valence-corrected chi connectivity index (χ2v) is 3.53. The standard InChI is InChI=1S/C10H12ClNO3/c1-13-7-4-6(2-3-12)8(11)10-9(7)14-5-15-10/h4H,2-3,5,12H2,1H3. The Labute approximate surface area is 92.9 Å². The van der Waals surface area contributed by atoms with Crippen LogP contribution in [0.5, 0.6) is 17.2 Å². The maximum atomic E-state index is 6.15. The van der Waals surface area contributed by atoms with Gasteiger partial charge in [-0.15, -0.1) is 0 Å². The van der Waals surface area contributed by atoms with E-state index in [0.29, 0.717) is 35.2 Å². The van der Waals surface area contributed by atoms with Crippen LogP contribution in [0.15, 0.2) is 6.07 Å².